The lowest BCUT2D eigenvalue weighted by Gasteiger charge is -2.28. The minimum absolute atomic E-state index is 0.0115. The first-order valence-electron chi connectivity index (χ1n) is 13.6. The summed E-state index contributed by atoms with van der Waals surface area (Å²) in [7, 11) is 1.57. The average molecular weight is 590 g/mol. The molecule has 1 fully saturated rings. The van der Waals surface area contributed by atoms with Crippen molar-refractivity contribution >= 4 is 23.2 Å². The number of methoxy groups -OCH3 is 1. The van der Waals surface area contributed by atoms with Gasteiger partial charge in [-0.25, -0.2) is 10.1 Å². The molecule has 218 valence electrons. The van der Waals surface area contributed by atoms with Gasteiger partial charge in [0, 0.05) is 41.6 Å². The minimum Gasteiger partial charge on any atom is -0.481 e. The number of nitrogens with one attached hydrogen (secondary N) is 3. The van der Waals surface area contributed by atoms with E-state index in [1.807, 2.05) is 49.4 Å². The van der Waals surface area contributed by atoms with Gasteiger partial charge in [-0.2, -0.15) is 5.10 Å². The van der Waals surface area contributed by atoms with Gasteiger partial charge in [0.15, 0.2) is 0 Å². The van der Waals surface area contributed by atoms with Crippen LogP contribution in [0.15, 0.2) is 59.5 Å². The number of aliphatic hydroxyl groups excluding tert-OH is 1. The topological polar surface area (TPSA) is 138 Å². The molecule has 1 saturated heterocycles. The van der Waals surface area contributed by atoms with Crippen LogP contribution in [0.25, 0.3) is 22.4 Å². The monoisotopic (exact) mass is 589 g/mol. The van der Waals surface area contributed by atoms with Crippen LogP contribution in [0.3, 0.4) is 0 Å². The summed E-state index contributed by atoms with van der Waals surface area (Å²) in [6.07, 6.45) is 1.60. The second-order valence-corrected chi connectivity index (χ2v) is 10.5. The zero-order valence-electron chi connectivity index (χ0n) is 23.5. The Bertz CT molecular complexity index is 1670. The molecule has 1 aliphatic heterocycles. The van der Waals surface area contributed by atoms with Crippen molar-refractivity contribution in [2.45, 2.75) is 39.0 Å². The summed E-state index contributed by atoms with van der Waals surface area (Å²) in [6.45, 7) is 4.95. The number of pyridine rings is 1. The van der Waals surface area contributed by atoms with Gasteiger partial charge in [0.2, 0.25) is 5.88 Å². The number of rotatable bonds is 8. The van der Waals surface area contributed by atoms with Crippen LogP contribution in [0.4, 0.5) is 5.69 Å². The number of ether oxygens (including phenoxy) is 2. The highest BCUT2D eigenvalue weighted by Gasteiger charge is 2.24. The van der Waals surface area contributed by atoms with Crippen LogP contribution < -0.4 is 20.9 Å². The number of H-pyrrole nitrogens is 1. The number of benzene rings is 2. The van der Waals surface area contributed by atoms with Gasteiger partial charge in [0.05, 0.1) is 36.7 Å². The lowest BCUT2D eigenvalue weighted by molar-refractivity contribution is -0.0281. The predicted molar refractivity (Wildman–Crippen MR) is 161 cm³/mol. The first-order chi connectivity index (χ1) is 20.3. The van der Waals surface area contributed by atoms with Gasteiger partial charge in [-0.3, -0.25) is 9.59 Å². The lowest BCUT2D eigenvalue weighted by atomic mass is 9.96. The highest BCUT2D eigenvalue weighted by molar-refractivity contribution is 6.36. The second kappa shape index (κ2) is 12.8. The number of aromatic amines is 1. The maximum Gasteiger partial charge on any atom is 0.277 e. The van der Waals surface area contributed by atoms with E-state index in [4.69, 9.17) is 26.1 Å². The van der Waals surface area contributed by atoms with Gasteiger partial charge in [-0.15, -0.1) is 0 Å². The summed E-state index contributed by atoms with van der Waals surface area (Å²) in [6, 6.07) is 15.0. The van der Waals surface area contributed by atoms with E-state index < -0.39 is 17.6 Å². The molecule has 10 nitrogen and oxygen atoms in total. The van der Waals surface area contributed by atoms with E-state index in [2.05, 4.69) is 20.8 Å². The number of carbonyl (C=O) groups is 1. The van der Waals surface area contributed by atoms with Crippen molar-refractivity contribution in [3.05, 3.63) is 92.4 Å². The van der Waals surface area contributed by atoms with Gasteiger partial charge in [-0.05, 0) is 49.1 Å². The smallest absolute Gasteiger partial charge is 0.277 e. The third-order valence-electron chi connectivity index (χ3n) is 7.43. The normalized spacial score (nSPS) is 16.7. The number of hydrogen-bond acceptors (Lipinski definition) is 8. The van der Waals surface area contributed by atoms with Crippen LogP contribution >= 0.6 is 11.6 Å². The number of aryl methyl sites for hydroxylation is 1. The zero-order valence-corrected chi connectivity index (χ0v) is 24.3. The molecule has 11 heteroatoms. The first-order valence-corrected chi connectivity index (χ1v) is 13.9. The predicted octanol–water partition coefficient (Wildman–Crippen LogP) is 4.27. The Morgan fingerprint density at radius 1 is 1.14 bits per heavy atom. The van der Waals surface area contributed by atoms with Crippen LogP contribution in [0.5, 0.6) is 5.88 Å². The van der Waals surface area contributed by atoms with Crippen LogP contribution in [0.1, 0.15) is 33.5 Å². The third-order valence-corrected chi connectivity index (χ3v) is 7.84. The Kier molecular flexibility index (Phi) is 8.98. The van der Waals surface area contributed by atoms with Crippen LogP contribution in [0, 0.1) is 13.8 Å². The van der Waals surface area contributed by atoms with Crippen molar-refractivity contribution < 1.29 is 19.4 Å². The molecule has 0 saturated carbocycles. The summed E-state index contributed by atoms with van der Waals surface area (Å²) in [5, 5.41) is 23.0. The molecule has 5 rings (SSSR count). The molecule has 0 radical (unpaired) electrons. The molecule has 0 aliphatic carbocycles. The molecule has 1 unspecified atom stereocenters. The fourth-order valence-electron chi connectivity index (χ4n) is 5.09. The summed E-state index contributed by atoms with van der Waals surface area (Å²) in [5.74, 6) is -0.0567. The van der Waals surface area contributed by atoms with Crippen molar-refractivity contribution in [2.24, 2.45) is 0 Å². The largest absolute Gasteiger partial charge is 0.481 e. The number of carbonyl (C=O) groups excluding carboxylic acids is 1. The van der Waals surface area contributed by atoms with Gasteiger partial charge < -0.3 is 25.2 Å². The summed E-state index contributed by atoms with van der Waals surface area (Å²) >= 11 is 6.99. The third kappa shape index (κ3) is 6.07. The Morgan fingerprint density at radius 2 is 1.90 bits per heavy atom. The van der Waals surface area contributed by atoms with Crippen molar-refractivity contribution in [3.8, 4) is 28.3 Å². The number of nitrogens with zero attached hydrogens (tertiary/aromatic N) is 2. The lowest BCUT2D eigenvalue weighted by Crippen LogP contribution is -2.46. The molecule has 0 spiro atoms. The maximum absolute atomic E-state index is 13.0. The molecule has 1 amide bonds. The quantitative estimate of drug-likeness (QED) is 0.239. The van der Waals surface area contributed by atoms with E-state index >= 15 is 0 Å². The minimum atomic E-state index is -0.559. The van der Waals surface area contributed by atoms with Crippen LogP contribution in [-0.4, -0.2) is 58.7 Å². The number of aliphatic hydroxyl groups is 1. The van der Waals surface area contributed by atoms with E-state index in [-0.39, 0.29) is 11.6 Å². The second-order valence-electron chi connectivity index (χ2n) is 10.1. The van der Waals surface area contributed by atoms with Crippen molar-refractivity contribution in [1.82, 2.24) is 20.5 Å². The molecule has 2 aromatic heterocycles. The fourth-order valence-corrected chi connectivity index (χ4v) is 5.41. The number of amides is 1. The summed E-state index contributed by atoms with van der Waals surface area (Å²) < 4.78 is 10.9. The molecule has 2 aromatic carbocycles. The molecule has 1 aliphatic rings. The van der Waals surface area contributed by atoms with E-state index in [0.29, 0.717) is 47.6 Å². The Labute approximate surface area is 248 Å². The summed E-state index contributed by atoms with van der Waals surface area (Å²) in [5.41, 5.74) is 5.09. The molecule has 3 heterocycles. The standard InChI is InChI=1S/C31H32ClN5O5/c1-17-14-34-37-30(40)27(17)29(39)35-23-9-5-6-20(18(23)2)21-7-4-8-22(28(21)32)24-11-10-19(31(36-24)41-3)15-33-25-12-13-42-16-26(25)38/h4-11,14,25-26,33,38H,12-13,15-16H2,1-3H3,(H,35,39)(H,37,40)/t25?,26-/m0/s1. The molecule has 42 heavy (non-hydrogen) atoms. The molecular formula is C31H32ClN5O5. The fraction of sp³-hybridized carbons (Fsp3) is 0.290. The van der Waals surface area contributed by atoms with E-state index in [9.17, 15) is 14.7 Å². The van der Waals surface area contributed by atoms with E-state index in [1.54, 1.807) is 20.1 Å². The van der Waals surface area contributed by atoms with Gasteiger partial charge in [0.1, 0.15) is 5.56 Å². The van der Waals surface area contributed by atoms with Crippen molar-refractivity contribution in [2.75, 3.05) is 25.6 Å². The number of anilines is 1. The number of hydrogen-bond donors (Lipinski definition) is 4. The Hall–Kier alpha value is -4.09. The summed E-state index contributed by atoms with van der Waals surface area (Å²) in [4.78, 5) is 29.9. The number of halogens is 1. The molecule has 2 atom stereocenters. The number of aromatic nitrogens is 3. The van der Waals surface area contributed by atoms with E-state index in [1.165, 1.54) is 6.20 Å². The van der Waals surface area contributed by atoms with Crippen molar-refractivity contribution in [1.29, 1.82) is 0 Å². The van der Waals surface area contributed by atoms with E-state index in [0.717, 1.165) is 34.2 Å². The molecule has 4 N–H and O–H groups in total. The Balaban J connectivity index is 1.42. The van der Waals surface area contributed by atoms with Crippen molar-refractivity contribution in [3.63, 3.8) is 0 Å². The molecule has 4 aromatic rings. The van der Waals surface area contributed by atoms with Crippen LogP contribution in [-0.2, 0) is 11.3 Å². The molecule has 0 bridgehead atoms. The SMILES string of the molecule is COc1nc(-c2cccc(-c3cccc(NC(=O)c4c(C)cn[nH]c4=O)c3C)c2Cl)ccc1CNC1CCOC[C@@H]1O. The van der Waals surface area contributed by atoms with Gasteiger partial charge >= 0.3 is 0 Å². The van der Waals surface area contributed by atoms with Crippen LogP contribution in [0.2, 0.25) is 5.02 Å². The van der Waals surface area contributed by atoms with Gasteiger partial charge in [0.25, 0.3) is 11.5 Å². The Morgan fingerprint density at radius 3 is 2.67 bits per heavy atom. The maximum atomic E-state index is 13.0. The average Bonchev–Trinajstić information content (AvgIpc) is 2.98. The highest BCUT2D eigenvalue weighted by Crippen LogP contribution is 2.39. The van der Waals surface area contributed by atoms with Gasteiger partial charge in [-0.1, -0.05) is 48.0 Å². The molecular weight excluding hydrogens is 558 g/mol. The zero-order chi connectivity index (χ0) is 29.8. The highest BCUT2D eigenvalue weighted by atomic mass is 35.5. The first kappa shape index (κ1) is 29.4.